The van der Waals surface area contributed by atoms with Crippen LogP contribution >= 0.6 is 44.1 Å². The van der Waals surface area contributed by atoms with Gasteiger partial charge in [-0.15, -0.1) is 0 Å². The van der Waals surface area contributed by atoms with Crippen LogP contribution in [0.15, 0.2) is 45.3 Å². The number of nitrogens with two attached hydrogens (primary N) is 1. The lowest BCUT2D eigenvalue weighted by molar-refractivity contribution is 0.623. The van der Waals surface area contributed by atoms with Gasteiger partial charge in [0.2, 0.25) is 0 Å². The van der Waals surface area contributed by atoms with Gasteiger partial charge in [0.25, 0.3) is 0 Å². The summed E-state index contributed by atoms with van der Waals surface area (Å²) >= 11 is 11.4. The number of benzene rings is 2. The Labute approximate surface area is 138 Å². The molecule has 0 radical (unpaired) electrons. The highest BCUT2D eigenvalue weighted by Gasteiger charge is 2.12. The molecule has 0 aliphatic heterocycles. The molecule has 0 fully saturated rings. The van der Waals surface area contributed by atoms with Crippen LogP contribution in [0.4, 0.5) is 10.1 Å². The molecule has 0 aliphatic carbocycles. The Morgan fingerprint density at radius 1 is 1.15 bits per heavy atom. The van der Waals surface area contributed by atoms with Crippen LogP contribution in [-0.2, 0) is 6.54 Å². The van der Waals surface area contributed by atoms with Gasteiger partial charge in [0.1, 0.15) is 4.99 Å². The molecule has 0 atom stereocenters. The van der Waals surface area contributed by atoms with Crippen molar-refractivity contribution in [3.05, 3.63) is 62.3 Å². The summed E-state index contributed by atoms with van der Waals surface area (Å²) in [4.78, 5) is 0.162. The average molecular weight is 418 g/mol. The molecule has 2 aromatic rings. The van der Waals surface area contributed by atoms with E-state index >= 15 is 0 Å². The number of hydrogen-bond donors (Lipinski definition) is 2. The SMILES string of the molecule is NC(=S)c1ccc(NCc2ccc(Br)cc2)c(F)c1Br. The maximum absolute atomic E-state index is 14.2. The van der Waals surface area contributed by atoms with Crippen LogP contribution in [0.25, 0.3) is 0 Å². The highest BCUT2D eigenvalue weighted by molar-refractivity contribution is 9.10. The summed E-state index contributed by atoms with van der Waals surface area (Å²) in [5, 5.41) is 3.05. The maximum atomic E-state index is 14.2. The van der Waals surface area contributed by atoms with Crippen LogP contribution in [0.2, 0.25) is 0 Å². The molecule has 0 spiro atoms. The van der Waals surface area contributed by atoms with Crippen LogP contribution in [-0.4, -0.2) is 4.99 Å². The molecular formula is C14H11Br2FN2S. The van der Waals surface area contributed by atoms with Crippen LogP contribution in [0.1, 0.15) is 11.1 Å². The van der Waals surface area contributed by atoms with Gasteiger partial charge in [0.15, 0.2) is 5.82 Å². The van der Waals surface area contributed by atoms with E-state index in [9.17, 15) is 4.39 Å². The molecule has 0 amide bonds. The summed E-state index contributed by atoms with van der Waals surface area (Å²) in [6, 6.07) is 11.1. The van der Waals surface area contributed by atoms with Crippen molar-refractivity contribution >= 4 is 54.8 Å². The van der Waals surface area contributed by atoms with Gasteiger partial charge in [-0.25, -0.2) is 4.39 Å². The van der Waals surface area contributed by atoms with E-state index in [0.29, 0.717) is 17.8 Å². The van der Waals surface area contributed by atoms with Crippen LogP contribution in [0.3, 0.4) is 0 Å². The largest absolute Gasteiger partial charge is 0.389 e. The van der Waals surface area contributed by atoms with Crippen molar-refractivity contribution in [2.45, 2.75) is 6.54 Å². The van der Waals surface area contributed by atoms with Gasteiger partial charge in [-0.3, -0.25) is 0 Å². The summed E-state index contributed by atoms with van der Waals surface area (Å²) in [5.41, 5.74) is 7.48. The summed E-state index contributed by atoms with van der Waals surface area (Å²) < 4.78 is 15.5. The van der Waals surface area contributed by atoms with Crippen molar-refractivity contribution < 1.29 is 4.39 Å². The molecule has 0 unspecified atom stereocenters. The van der Waals surface area contributed by atoms with E-state index in [-0.39, 0.29) is 9.46 Å². The molecule has 2 rings (SSSR count). The third kappa shape index (κ3) is 3.56. The molecule has 104 valence electrons. The first kappa shape index (κ1) is 15.4. The van der Waals surface area contributed by atoms with E-state index < -0.39 is 5.82 Å². The predicted octanol–water partition coefficient (Wildman–Crippen LogP) is 4.60. The van der Waals surface area contributed by atoms with Crippen LogP contribution in [0.5, 0.6) is 0 Å². The molecule has 0 aromatic heterocycles. The number of nitrogens with one attached hydrogen (secondary N) is 1. The Morgan fingerprint density at radius 3 is 2.40 bits per heavy atom. The van der Waals surface area contributed by atoms with Crippen molar-refractivity contribution in [2.75, 3.05) is 5.32 Å². The second-order valence-corrected chi connectivity index (χ2v) is 6.28. The molecule has 2 nitrogen and oxygen atoms in total. The minimum atomic E-state index is -0.396. The van der Waals surface area contributed by atoms with Gasteiger partial charge in [-0.1, -0.05) is 40.3 Å². The maximum Gasteiger partial charge on any atom is 0.161 e. The van der Waals surface area contributed by atoms with Gasteiger partial charge >= 0.3 is 0 Å². The molecule has 3 N–H and O–H groups in total. The summed E-state index contributed by atoms with van der Waals surface area (Å²) in [5.74, 6) is -0.396. The summed E-state index contributed by atoms with van der Waals surface area (Å²) in [7, 11) is 0. The zero-order valence-electron chi connectivity index (χ0n) is 10.3. The summed E-state index contributed by atoms with van der Waals surface area (Å²) in [6.45, 7) is 0.531. The normalized spacial score (nSPS) is 10.3. The second-order valence-electron chi connectivity index (χ2n) is 4.13. The zero-order chi connectivity index (χ0) is 14.7. The molecule has 2 aromatic carbocycles. The lowest BCUT2D eigenvalue weighted by Crippen LogP contribution is -2.12. The Balaban J connectivity index is 2.16. The van der Waals surface area contributed by atoms with E-state index in [2.05, 4.69) is 37.2 Å². The Hall–Kier alpha value is -0.980. The predicted molar refractivity (Wildman–Crippen MR) is 91.5 cm³/mol. The molecular weight excluding hydrogens is 407 g/mol. The van der Waals surface area contributed by atoms with E-state index in [1.54, 1.807) is 12.1 Å². The highest BCUT2D eigenvalue weighted by atomic mass is 79.9. The smallest absolute Gasteiger partial charge is 0.161 e. The van der Waals surface area contributed by atoms with Crippen molar-refractivity contribution in [1.82, 2.24) is 0 Å². The molecule has 0 saturated heterocycles. The van der Waals surface area contributed by atoms with Crippen molar-refractivity contribution in [2.24, 2.45) is 5.73 Å². The third-order valence-corrected chi connectivity index (χ3v) is 4.27. The fourth-order valence-electron chi connectivity index (χ4n) is 1.68. The Morgan fingerprint density at radius 2 is 1.80 bits per heavy atom. The number of thiocarbonyl (C=S) groups is 1. The topological polar surface area (TPSA) is 38.0 Å². The standard InChI is InChI=1S/C14H11Br2FN2S/c15-9-3-1-8(2-4-9)7-19-11-6-5-10(14(18)20)12(16)13(11)17/h1-6,19H,7H2,(H2,18,20). The van der Waals surface area contributed by atoms with Gasteiger partial charge < -0.3 is 11.1 Å². The second kappa shape index (κ2) is 6.65. The first-order valence-electron chi connectivity index (χ1n) is 5.75. The molecule has 20 heavy (non-hydrogen) atoms. The van der Waals surface area contributed by atoms with E-state index in [1.807, 2.05) is 24.3 Å². The molecule has 0 aliphatic rings. The minimum Gasteiger partial charge on any atom is -0.389 e. The highest BCUT2D eigenvalue weighted by Crippen LogP contribution is 2.27. The first-order chi connectivity index (χ1) is 9.49. The van der Waals surface area contributed by atoms with Crippen LogP contribution in [0, 0.1) is 5.82 Å². The third-order valence-electron chi connectivity index (χ3n) is 2.74. The monoisotopic (exact) mass is 416 g/mol. The van der Waals surface area contributed by atoms with E-state index in [0.717, 1.165) is 10.0 Å². The van der Waals surface area contributed by atoms with E-state index in [4.69, 9.17) is 18.0 Å². The van der Waals surface area contributed by atoms with Crippen molar-refractivity contribution in [3.8, 4) is 0 Å². The number of anilines is 1. The number of rotatable bonds is 4. The average Bonchev–Trinajstić information content (AvgIpc) is 2.42. The first-order valence-corrected chi connectivity index (χ1v) is 7.74. The quantitative estimate of drug-likeness (QED) is 0.714. The number of hydrogen-bond acceptors (Lipinski definition) is 2. The van der Waals surface area contributed by atoms with Gasteiger partial charge in [0, 0.05) is 16.6 Å². The fraction of sp³-hybridized carbons (Fsp3) is 0.0714. The van der Waals surface area contributed by atoms with Crippen molar-refractivity contribution in [3.63, 3.8) is 0 Å². The van der Waals surface area contributed by atoms with E-state index in [1.165, 1.54) is 0 Å². The lowest BCUT2D eigenvalue weighted by Gasteiger charge is -2.11. The van der Waals surface area contributed by atoms with Crippen molar-refractivity contribution in [1.29, 1.82) is 0 Å². The molecule has 0 bridgehead atoms. The lowest BCUT2D eigenvalue weighted by atomic mass is 10.2. The Bertz CT molecular complexity index is 644. The Kier molecular flexibility index (Phi) is 5.12. The van der Waals surface area contributed by atoms with Gasteiger partial charge in [-0.05, 0) is 45.8 Å². The number of halogens is 3. The van der Waals surface area contributed by atoms with Gasteiger partial charge in [-0.2, -0.15) is 0 Å². The fourth-order valence-corrected chi connectivity index (χ4v) is 2.80. The molecule has 0 saturated carbocycles. The van der Waals surface area contributed by atoms with Crippen LogP contribution < -0.4 is 11.1 Å². The summed E-state index contributed by atoms with van der Waals surface area (Å²) in [6.07, 6.45) is 0. The zero-order valence-corrected chi connectivity index (χ0v) is 14.3. The van der Waals surface area contributed by atoms with Gasteiger partial charge in [0.05, 0.1) is 10.2 Å². The molecule has 0 heterocycles. The minimum absolute atomic E-state index is 0.162. The molecule has 6 heteroatoms.